The van der Waals surface area contributed by atoms with Gasteiger partial charge in [-0.05, 0) is 42.5 Å². The molecule has 0 radical (unpaired) electrons. The van der Waals surface area contributed by atoms with Crippen LogP contribution in [0.5, 0.6) is 0 Å². The molecule has 0 fully saturated rings. The van der Waals surface area contributed by atoms with E-state index in [9.17, 15) is 17.6 Å². The van der Waals surface area contributed by atoms with Gasteiger partial charge in [0.25, 0.3) is 0 Å². The Morgan fingerprint density at radius 2 is 1.88 bits per heavy atom. The lowest BCUT2D eigenvalue weighted by Crippen LogP contribution is -2.39. The molecule has 1 aliphatic heterocycles. The normalized spacial score (nSPS) is 16.1. The molecule has 7 nitrogen and oxygen atoms in total. The minimum absolute atomic E-state index is 0.196. The summed E-state index contributed by atoms with van der Waals surface area (Å²) in [6.45, 7) is 0. The van der Waals surface area contributed by atoms with Gasteiger partial charge in [-0.15, -0.1) is 0 Å². The van der Waals surface area contributed by atoms with Gasteiger partial charge >= 0.3 is 6.18 Å². The van der Waals surface area contributed by atoms with Crippen LogP contribution in [0.25, 0.3) is 5.70 Å². The molecular formula is C22H17F4N7. The second-order valence-electron chi connectivity index (χ2n) is 6.83. The SMILES string of the molecule is FC1=C(c2ccccn2)NC(N/N=C\c2ccc(Nc3cccc(C(F)(F)F)c3)cn2)N=C1. The van der Waals surface area contributed by atoms with Crippen LogP contribution in [0, 0.1) is 0 Å². The van der Waals surface area contributed by atoms with Gasteiger partial charge in [0.2, 0.25) is 6.29 Å². The van der Waals surface area contributed by atoms with Crippen molar-refractivity contribution in [2.75, 3.05) is 5.32 Å². The van der Waals surface area contributed by atoms with Crippen molar-refractivity contribution in [1.82, 2.24) is 20.7 Å². The van der Waals surface area contributed by atoms with E-state index in [0.29, 0.717) is 22.8 Å². The van der Waals surface area contributed by atoms with Crippen molar-refractivity contribution < 1.29 is 17.6 Å². The molecule has 0 saturated heterocycles. The fourth-order valence-electron chi connectivity index (χ4n) is 2.89. The number of pyridine rings is 2. The van der Waals surface area contributed by atoms with Crippen molar-refractivity contribution >= 4 is 29.5 Å². The van der Waals surface area contributed by atoms with E-state index in [1.165, 1.54) is 24.5 Å². The fourth-order valence-corrected chi connectivity index (χ4v) is 2.89. The van der Waals surface area contributed by atoms with Gasteiger partial charge in [0.1, 0.15) is 5.70 Å². The van der Waals surface area contributed by atoms with Crippen LogP contribution in [0.3, 0.4) is 0 Å². The van der Waals surface area contributed by atoms with Crippen LogP contribution in [-0.2, 0) is 6.18 Å². The van der Waals surface area contributed by atoms with Crippen LogP contribution in [0.4, 0.5) is 28.9 Å². The van der Waals surface area contributed by atoms with Crippen molar-refractivity contribution in [2.24, 2.45) is 10.1 Å². The third-order valence-electron chi connectivity index (χ3n) is 4.44. The number of anilines is 2. The molecule has 2 aromatic heterocycles. The van der Waals surface area contributed by atoms with Crippen LogP contribution in [-0.4, -0.2) is 28.7 Å². The van der Waals surface area contributed by atoms with Gasteiger partial charge in [0.05, 0.1) is 41.3 Å². The highest BCUT2D eigenvalue weighted by molar-refractivity contribution is 5.88. The number of halogens is 4. The summed E-state index contributed by atoms with van der Waals surface area (Å²) in [5.41, 5.74) is 3.92. The Hall–Kier alpha value is -4.28. The molecule has 3 aromatic rings. The average Bonchev–Trinajstić information content (AvgIpc) is 2.81. The van der Waals surface area contributed by atoms with E-state index in [2.05, 4.69) is 36.1 Å². The molecule has 0 saturated carbocycles. The second-order valence-corrected chi connectivity index (χ2v) is 6.83. The largest absolute Gasteiger partial charge is 0.416 e. The molecule has 11 heteroatoms. The fraction of sp³-hybridized carbons (Fsp3) is 0.0909. The van der Waals surface area contributed by atoms with Crippen LogP contribution >= 0.6 is 0 Å². The van der Waals surface area contributed by atoms with E-state index < -0.39 is 23.9 Å². The van der Waals surface area contributed by atoms with E-state index in [4.69, 9.17) is 0 Å². The van der Waals surface area contributed by atoms with Crippen molar-refractivity contribution in [2.45, 2.75) is 12.5 Å². The molecule has 0 aliphatic carbocycles. The van der Waals surface area contributed by atoms with Gasteiger partial charge in [-0.2, -0.15) is 18.3 Å². The van der Waals surface area contributed by atoms with Crippen molar-refractivity contribution in [1.29, 1.82) is 0 Å². The van der Waals surface area contributed by atoms with Crippen LogP contribution in [0.15, 0.2) is 82.9 Å². The highest BCUT2D eigenvalue weighted by Crippen LogP contribution is 2.31. The lowest BCUT2D eigenvalue weighted by atomic mass is 10.2. The van der Waals surface area contributed by atoms with Crippen molar-refractivity contribution in [3.8, 4) is 0 Å². The van der Waals surface area contributed by atoms with Gasteiger partial charge in [0.15, 0.2) is 5.83 Å². The van der Waals surface area contributed by atoms with E-state index in [1.54, 1.807) is 36.5 Å². The number of rotatable bonds is 6. The van der Waals surface area contributed by atoms with Crippen LogP contribution in [0.1, 0.15) is 17.0 Å². The lowest BCUT2D eigenvalue weighted by molar-refractivity contribution is -0.137. The average molecular weight is 455 g/mol. The third kappa shape index (κ3) is 5.70. The number of alkyl halides is 3. The van der Waals surface area contributed by atoms with Gasteiger partial charge in [-0.25, -0.2) is 9.38 Å². The second kappa shape index (κ2) is 9.47. The summed E-state index contributed by atoms with van der Waals surface area (Å²) < 4.78 is 52.6. The predicted molar refractivity (Wildman–Crippen MR) is 117 cm³/mol. The number of hydrazone groups is 1. The van der Waals surface area contributed by atoms with Crippen molar-refractivity contribution in [3.63, 3.8) is 0 Å². The van der Waals surface area contributed by atoms with Gasteiger partial charge in [-0.3, -0.25) is 15.4 Å². The number of allylic oxidation sites excluding steroid dienone is 1. The number of benzene rings is 1. The summed E-state index contributed by atoms with van der Waals surface area (Å²) in [5.74, 6) is -0.541. The summed E-state index contributed by atoms with van der Waals surface area (Å²) in [6.07, 6.45) is 0.414. The van der Waals surface area contributed by atoms with Gasteiger partial charge in [-0.1, -0.05) is 12.1 Å². The summed E-state index contributed by atoms with van der Waals surface area (Å²) in [6, 6.07) is 13.3. The summed E-state index contributed by atoms with van der Waals surface area (Å²) in [5, 5.41) is 9.79. The van der Waals surface area contributed by atoms with E-state index in [-0.39, 0.29) is 5.70 Å². The molecule has 4 rings (SSSR count). The Morgan fingerprint density at radius 1 is 1.00 bits per heavy atom. The highest BCUT2D eigenvalue weighted by Gasteiger charge is 2.30. The number of nitrogens with zero attached hydrogens (tertiary/aromatic N) is 4. The van der Waals surface area contributed by atoms with Crippen LogP contribution in [0.2, 0.25) is 0 Å². The zero-order valence-corrected chi connectivity index (χ0v) is 16.9. The molecule has 168 valence electrons. The molecule has 1 aliphatic rings. The quantitative estimate of drug-likeness (QED) is 0.290. The minimum atomic E-state index is -4.42. The summed E-state index contributed by atoms with van der Waals surface area (Å²) >= 11 is 0. The Balaban J connectivity index is 1.34. The Kier molecular flexibility index (Phi) is 6.29. The number of hydrogen-bond acceptors (Lipinski definition) is 7. The zero-order chi connectivity index (χ0) is 23.3. The first-order valence-corrected chi connectivity index (χ1v) is 9.68. The number of hydrogen-bond donors (Lipinski definition) is 3. The molecule has 3 heterocycles. The van der Waals surface area contributed by atoms with Crippen molar-refractivity contribution in [3.05, 3.63) is 89.8 Å². The minimum Gasteiger partial charge on any atom is -0.354 e. The van der Waals surface area contributed by atoms with E-state index in [1.807, 2.05) is 0 Å². The molecule has 1 aromatic carbocycles. The molecule has 0 spiro atoms. The van der Waals surface area contributed by atoms with Gasteiger partial charge in [0, 0.05) is 11.9 Å². The Morgan fingerprint density at radius 3 is 2.61 bits per heavy atom. The van der Waals surface area contributed by atoms with E-state index in [0.717, 1.165) is 18.3 Å². The Labute approximate surface area is 186 Å². The lowest BCUT2D eigenvalue weighted by Gasteiger charge is -2.20. The number of nitrogens with one attached hydrogen (secondary N) is 3. The molecule has 1 atom stereocenters. The molecule has 0 amide bonds. The maximum Gasteiger partial charge on any atom is 0.416 e. The Bertz CT molecular complexity index is 1190. The highest BCUT2D eigenvalue weighted by atomic mass is 19.4. The molecule has 1 unspecified atom stereocenters. The first kappa shape index (κ1) is 21.9. The molecule has 3 N–H and O–H groups in total. The maximum absolute atomic E-state index is 14.1. The number of aliphatic imine (C=N–C) groups is 1. The zero-order valence-electron chi connectivity index (χ0n) is 16.9. The third-order valence-corrected chi connectivity index (χ3v) is 4.44. The topological polar surface area (TPSA) is 86.6 Å². The maximum atomic E-state index is 14.1. The standard InChI is InChI=1S/C22H17F4N7/c23-18-13-29-21(32-20(18)19-6-1-2-9-27-19)33-30-12-16-7-8-17(11-28-16)31-15-5-3-4-14(10-15)22(24,25)26/h1-13,21,31-33H/b30-12-. The molecule has 0 bridgehead atoms. The van der Waals surface area contributed by atoms with Crippen LogP contribution < -0.4 is 16.1 Å². The van der Waals surface area contributed by atoms with Gasteiger partial charge < -0.3 is 10.6 Å². The molecule has 33 heavy (non-hydrogen) atoms. The predicted octanol–water partition coefficient (Wildman–Crippen LogP) is 4.46. The summed E-state index contributed by atoms with van der Waals surface area (Å²) in [4.78, 5) is 12.3. The number of aromatic nitrogens is 2. The monoisotopic (exact) mass is 455 g/mol. The smallest absolute Gasteiger partial charge is 0.354 e. The van der Waals surface area contributed by atoms with E-state index >= 15 is 0 Å². The first-order valence-electron chi connectivity index (χ1n) is 9.68. The summed E-state index contributed by atoms with van der Waals surface area (Å²) in [7, 11) is 0. The molecular weight excluding hydrogens is 438 g/mol. The first-order chi connectivity index (χ1) is 15.9.